The van der Waals surface area contributed by atoms with Gasteiger partial charge in [0, 0.05) is 18.0 Å². The summed E-state index contributed by atoms with van der Waals surface area (Å²) in [7, 11) is 0. The number of benzene rings is 2. The van der Waals surface area contributed by atoms with Gasteiger partial charge in [-0.15, -0.1) is 0 Å². The third kappa shape index (κ3) is 4.07. The molecular weight excluding hydrogens is 288 g/mol. The minimum absolute atomic E-state index is 0.0157. The Morgan fingerprint density at radius 2 is 1.87 bits per heavy atom. The minimum Gasteiger partial charge on any atom is -0.494 e. The number of nitrogens with zero attached hydrogens (tertiary/aromatic N) is 1. The van der Waals surface area contributed by atoms with Gasteiger partial charge >= 0.3 is 0 Å². The van der Waals surface area contributed by atoms with Gasteiger partial charge in [-0.25, -0.2) is 0 Å². The lowest BCUT2D eigenvalue weighted by Crippen LogP contribution is -2.13. The summed E-state index contributed by atoms with van der Waals surface area (Å²) in [4.78, 5) is 16.4. The molecular formula is C19H18N2O2. The highest BCUT2D eigenvalue weighted by Gasteiger charge is 2.06. The molecule has 0 radical (unpaired) electrons. The quantitative estimate of drug-likeness (QED) is 0.699. The number of aromatic nitrogens is 1. The number of para-hydroxylation sites is 1. The topological polar surface area (TPSA) is 51.2 Å². The molecule has 0 unspecified atom stereocenters. The fraction of sp³-hybridized carbons (Fsp3) is 0.158. The monoisotopic (exact) mass is 306 g/mol. The molecule has 116 valence electrons. The standard InChI is InChI=1S/C19H18N2O2/c22-19(12-6-14-23-15-7-2-1-3-8-15)21-18-11-4-10-17-16(18)9-5-13-20-17/h1-5,7-11,13H,6,12,14H2,(H,21,22). The zero-order valence-electron chi connectivity index (χ0n) is 12.7. The number of carbonyl (C=O) groups excluding carboxylic acids is 1. The van der Waals surface area contributed by atoms with Crippen LogP contribution >= 0.6 is 0 Å². The van der Waals surface area contributed by atoms with E-state index in [9.17, 15) is 4.79 Å². The van der Waals surface area contributed by atoms with Crippen LogP contribution in [-0.2, 0) is 4.79 Å². The number of nitrogens with one attached hydrogen (secondary N) is 1. The van der Waals surface area contributed by atoms with Crippen LogP contribution in [-0.4, -0.2) is 17.5 Å². The van der Waals surface area contributed by atoms with Crippen molar-refractivity contribution in [3.63, 3.8) is 0 Å². The predicted octanol–water partition coefficient (Wildman–Crippen LogP) is 4.03. The lowest BCUT2D eigenvalue weighted by atomic mass is 10.1. The summed E-state index contributed by atoms with van der Waals surface area (Å²) in [5.74, 6) is 0.811. The Kier molecular flexibility index (Phi) is 4.84. The first-order valence-corrected chi connectivity index (χ1v) is 7.64. The highest BCUT2D eigenvalue weighted by Crippen LogP contribution is 2.21. The number of anilines is 1. The Hall–Kier alpha value is -2.88. The molecule has 4 heteroatoms. The molecule has 0 aliphatic heterocycles. The van der Waals surface area contributed by atoms with Gasteiger partial charge in [0.25, 0.3) is 0 Å². The van der Waals surface area contributed by atoms with Gasteiger partial charge in [0.2, 0.25) is 5.91 Å². The zero-order valence-corrected chi connectivity index (χ0v) is 12.7. The molecule has 0 saturated heterocycles. The molecule has 1 amide bonds. The number of hydrogen-bond donors (Lipinski definition) is 1. The second kappa shape index (κ2) is 7.40. The van der Waals surface area contributed by atoms with Crippen molar-refractivity contribution in [3.05, 3.63) is 66.9 Å². The number of hydrogen-bond acceptors (Lipinski definition) is 3. The van der Waals surface area contributed by atoms with E-state index in [4.69, 9.17) is 4.74 Å². The first kappa shape index (κ1) is 15.0. The molecule has 4 nitrogen and oxygen atoms in total. The van der Waals surface area contributed by atoms with Gasteiger partial charge in [0.15, 0.2) is 0 Å². The van der Waals surface area contributed by atoms with Crippen molar-refractivity contribution in [2.75, 3.05) is 11.9 Å². The van der Waals surface area contributed by atoms with Gasteiger partial charge in [-0.1, -0.05) is 24.3 Å². The van der Waals surface area contributed by atoms with Crippen LogP contribution in [0.2, 0.25) is 0 Å². The van der Waals surface area contributed by atoms with Crippen LogP contribution in [0.3, 0.4) is 0 Å². The summed E-state index contributed by atoms with van der Waals surface area (Å²) >= 11 is 0. The van der Waals surface area contributed by atoms with E-state index >= 15 is 0 Å². The van der Waals surface area contributed by atoms with Gasteiger partial charge < -0.3 is 10.1 Å². The van der Waals surface area contributed by atoms with Crippen LogP contribution in [0.25, 0.3) is 10.9 Å². The number of pyridine rings is 1. The van der Waals surface area contributed by atoms with E-state index in [-0.39, 0.29) is 5.91 Å². The summed E-state index contributed by atoms with van der Waals surface area (Å²) in [6.07, 6.45) is 2.84. The van der Waals surface area contributed by atoms with Crippen LogP contribution < -0.4 is 10.1 Å². The Morgan fingerprint density at radius 3 is 2.74 bits per heavy atom. The maximum atomic E-state index is 12.1. The van der Waals surface area contributed by atoms with Crippen molar-refractivity contribution in [2.45, 2.75) is 12.8 Å². The molecule has 0 spiro atoms. The van der Waals surface area contributed by atoms with Gasteiger partial charge in [0.05, 0.1) is 17.8 Å². The molecule has 1 aromatic heterocycles. The molecule has 0 atom stereocenters. The Labute approximate surface area is 135 Å². The van der Waals surface area contributed by atoms with Crippen LogP contribution in [0.4, 0.5) is 5.69 Å². The van der Waals surface area contributed by atoms with Gasteiger partial charge in [-0.2, -0.15) is 0 Å². The van der Waals surface area contributed by atoms with Crippen LogP contribution in [0.15, 0.2) is 66.9 Å². The summed E-state index contributed by atoms with van der Waals surface area (Å²) < 4.78 is 5.59. The Morgan fingerprint density at radius 1 is 1.00 bits per heavy atom. The summed E-state index contributed by atoms with van der Waals surface area (Å²) in [6, 6.07) is 19.1. The third-order valence-electron chi connectivity index (χ3n) is 3.48. The molecule has 0 fully saturated rings. The van der Waals surface area contributed by atoms with E-state index in [1.165, 1.54) is 0 Å². The number of amides is 1. The fourth-order valence-corrected chi connectivity index (χ4v) is 2.36. The number of ether oxygens (including phenoxy) is 1. The first-order chi connectivity index (χ1) is 11.3. The first-order valence-electron chi connectivity index (χ1n) is 7.64. The lowest BCUT2D eigenvalue weighted by molar-refractivity contribution is -0.116. The number of carbonyl (C=O) groups is 1. The summed E-state index contributed by atoms with van der Waals surface area (Å²) in [5.41, 5.74) is 1.67. The van der Waals surface area contributed by atoms with Crippen LogP contribution in [0, 0.1) is 0 Å². The molecule has 3 rings (SSSR count). The van der Waals surface area contributed by atoms with Crippen molar-refractivity contribution in [1.29, 1.82) is 0 Å². The molecule has 0 aliphatic rings. The Balaban J connectivity index is 1.51. The van der Waals surface area contributed by atoms with Gasteiger partial charge in [-0.3, -0.25) is 9.78 Å². The molecule has 3 aromatic rings. The molecule has 0 saturated carbocycles. The average Bonchev–Trinajstić information content (AvgIpc) is 2.60. The normalized spacial score (nSPS) is 10.4. The minimum atomic E-state index is -0.0157. The van der Waals surface area contributed by atoms with Crippen molar-refractivity contribution >= 4 is 22.5 Å². The van der Waals surface area contributed by atoms with Gasteiger partial charge in [0.1, 0.15) is 5.75 Å². The highest BCUT2D eigenvalue weighted by atomic mass is 16.5. The Bertz CT molecular complexity index is 782. The van der Waals surface area contributed by atoms with E-state index in [0.717, 1.165) is 22.3 Å². The highest BCUT2D eigenvalue weighted by molar-refractivity contribution is 6.00. The number of rotatable bonds is 6. The maximum Gasteiger partial charge on any atom is 0.224 e. The SMILES string of the molecule is O=C(CCCOc1ccccc1)Nc1cccc2ncccc12. The number of fused-ring (bicyclic) bond motifs is 1. The van der Waals surface area contributed by atoms with Crippen molar-refractivity contribution in [1.82, 2.24) is 4.98 Å². The zero-order chi connectivity index (χ0) is 15.9. The molecule has 1 heterocycles. The van der Waals surface area contributed by atoms with E-state index in [1.54, 1.807) is 6.20 Å². The van der Waals surface area contributed by atoms with E-state index in [1.807, 2.05) is 60.7 Å². The largest absolute Gasteiger partial charge is 0.494 e. The van der Waals surface area contributed by atoms with Gasteiger partial charge in [-0.05, 0) is 42.8 Å². The molecule has 23 heavy (non-hydrogen) atoms. The molecule has 2 aromatic carbocycles. The lowest BCUT2D eigenvalue weighted by Gasteiger charge is -2.09. The maximum absolute atomic E-state index is 12.1. The smallest absolute Gasteiger partial charge is 0.224 e. The van der Waals surface area contributed by atoms with Crippen molar-refractivity contribution in [3.8, 4) is 5.75 Å². The van der Waals surface area contributed by atoms with Crippen LogP contribution in [0.5, 0.6) is 5.75 Å². The van der Waals surface area contributed by atoms with E-state index in [2.05, 4.69) is 10.3 Å². The molecule has 0 aliphatic carbocycles. The fourth-order valence-electron chi connectivity index (χ4n) is 2.36. The van der Waals surface area contributed by atoms with Crippen LogP contribution in [0.1, 0.15) is 12.8 Å². The molecule has 1 N–H and O–H groups in total. The van der Waals surface area contributed by atoms with E-state index in [0.29, 0.717) is 19.4 Å². The summed E-state index contributed by atoms with van der Waals surface area (Å²) in [6.45, 7) is 0.522. The van der Waals surface area contributed by atoms with Crippen molar-refractivity contribution in [2.24, 2.45) is 0 Å². The second-order valence-electron chi connectivity index (χ2n) is 5.19. The molecule has 0 bridgehead atoms. The van der Waals surface area contributed by atoms with E-state index < -0.39 is 0 Å². The average molecular weight is 306 g/mol. The predicted molar refractivity (Wildman–Crippen MR) is 91.5 cm³/mol. The summed E-state index contributed by atoms with van der Waals surface area (Å²) in [5, 5.41) is 3.90. The van der Waals surface area contributed by atoms with Crippen molar-refractivity contribution < 1.29 is 9.53 Å². The second-order valence-corrected chi connectivity index (χ2v) is 5.19. The third-order valence-corrected chi connectivity index (χ3v) is 3.48.